The van der Waals surface area contributed by atoms with E-state index in [1.165, 1.54) is 62.5 Å². The second-order valence-electron chi connectivity index (χ2n) is 10.2. The number of para-hydroxylation sites is 1. The van der Waals surface area contributed by atoms with Crippen molar-refractivity contribution in [3.63, 3.8) is 0 Å². The van der Waals surface area contributed by atoms with E-state index < -0.39 is 5.97 Å². The fourth-order valence-corrected chi connectivity index (χ4v) is 7.06. The molecule has 0 atom stereocenters. The molecule has 0 radical (unpaired) electrons. The summed E-state index contributed by atoms with van der Waals surface area (Å²) in [5, 5.41) is 12.9. The van der Waals surface area contributed by atoms with Crippen molar-refractivity contribution < 1.29 is 14.6 Å². The monoisotopic (exact) mass is 475 g/mol. The van der Waals surface area contributed by atoms with E-state index in [4.69, 9.17) is 16.3 Å². The minimum atomic E-state index is -1.01. The van der Waals surface area contributed by atoms with Gasteiger partial charge in [-0.25, -0.2) is 14.8 Å². The number of aromatic carboxylic acids is 1. The van der Waals surface area contributed by atoms with E-state index in [0.717, 1.165) is 17.8 Å². The Morgan fingerprint density at radius 1 is 1.00 bits per heavy atom. The van der Waals surface area contributed by atoms with E-state index in [9.17, 15) is 9.90 Å². The summed E-state index contributed by atoms with van der Waals surface area (Å²) >= 11 is 6.66. The van der Waals surface area contributed by atoms with Gasteiger partial charge in [-0.15, -0.1) is 0 Å². The Morgan fingerprint density at radius 3 is 2.32 bits per heavy atom. The first kappa shape index (κ1) is 21.4. The number of carboxylic acids is 1. The molecule has 34 heavy (non-hydrogen) atoms. The Labute approximate surface area is 203 Å². The van der Waals surface area contributed by atoms with Crippen LogP contribution in [0.15, 0.2) is 54.9 Å². The summed E-state index contributed by atoms with van der Waals surface area (Å²) in [7, 11) is 0. The predicted octanol–water partition coefficient (Wildman–Crippen LogP) is 6.83. The van der Waals surface area contributed by atoms with Crippen molar-refractivity contribution >= 4 is 29.1 Å². The van der Waals surface area contributed by atoms with Crippen LogP contribution in [0.25, 0.3) is 0 Å². The lowest BCUT2D eigenvalue weighted by atomic mass is 9.48. The molecule has 3 aromatic rings. The second kappa shape index (κ2) is 8.27. The maximum absolute atomic E-state index is 11.4. The van der Waals surface area contributed by atoms with Crippen molar-refractivity contribution in [1.82, 2.24) is 9.97 Å². The Balaban J connectivity index is 1.17. The molecule has 7 heteroatoms. The van der Waals surface area contributed by atoms with Crippen LogP contribution in [0.3, 0.4) is 0 Å². The summed E-state index contributed by atoms with van der Waals surface area (Å²) in [5.74, 6) is 2.93. The van der Waals surface area contributed by atoms with E-state index in [-0.39, 0.29) is 11.0 Å². The standard InChI is InChI=1S/C27H26ClN3O3/c28-21-10-19(27-11-16-7-17(12-27)9-18(8-16)13-27)5-6-23(21)34-25-15-29-24(14-30-25)31-22-4-2-1-3-20(22)26(32)33/h1-6,10,14-18H,7-9,11-13H2,(H,29,31)(H,32,33). The molecule has 4 bridgehead atoms. The predicted molar refractivity (Wildman–Crippen MR) is 130 cm³/mol. The molecule has 2 N–H and O–H groups in total. The molecule has 0 aliphatic heterocycles. The molecule has 4 aliphatic carbocycles. The molecule has 1 heterocycles. The average molecular weight is 476 g/mol. The zero-order chi connectivity index (χ0) is 23.3. The molecular formula is C27H26ClN3O3. The van der Waals surface area contributed by atoms with Crippen LogP contribution < -0.4 is 10.1 Å². The number of ether oxygens (including phenoxy) is 1. The summed E-state index contributed by atoms with van der Waals surface area (Å²) in [4.78, 5) is 20.0. The van der Waals surface area contributed by atoms with Gasteiger partial charge in [0.25, 0.3) is 0 Å². The Kier molecular flexibility index (Phi) is 5.21. The Morgan fingerprint density at radius 2 is 1.71 bits per heavy atom. The van der Waals surface area contributed by atoms with Crippen LogP contribution in [0.5, 0.6) is 11.6 Å². The molecule has 4 aliphatic rings. The van der Waals surface area contributed by atoms with Crippen LogP contribution in [0.4, 0.5) is 11.5 Å². The van der Waals surface area contributed by atoms with Gasteiger partial charge in [0.05, 0.1) is 28.7 Å². The molecule has 0 saturated heterocycles. The highest BCUT2D eigenvalue weighted by Gasteiger charge is 2.51. The Bertz CT molecular complexity index is 1210. The van der Waals surface area contributed by atoms with E-state index in [0.29, 0.717) is 28.2 Å². The van der Waals surface area contributed by atoms with E-state index in [2.05, 4.69) is 27.4 Å². The van der Waals surface area contributed by atoms with Gasteiger partial charge in [-0.1, -0.05) is 29.8 Å². The molecule has 7 rings (SSSR count). The molecule has 0 amide bonds. The first-order chi connectivity index (χ1) is 16.5. The summed E-state index contributed by atoms with van der Waals surface area (Å²) in [6.45, 7) is 0. The normalized spacial score (nSPS) is 26.9. The average Bonchev–Trinajstić information content (AvgIpc) is 2.81. The second-order valence-corrected chi connectivity index (χ2v) is 10.6. The number of hydrogen-bond acceptors (Lipinski definition) is 5. The third kappa shape index (κ3) is 3.90. The number of carboxylic acid groups (broad SMARTS) is 1. The molecule has 6 nitrogen and oxygen atoms in total. The number of nitrogens with one attached hydrogen (secondary N) is 1. The van der Waals surface area contributed by atoms with Gasteiger partial charge in [-0.3, -0.25) is 0 Å². The molecule has 4 fully saturated rings. The topological polar surface area (TPSA) is 84.3 Å². The van der Waals surface area contributed by atoms with E-state index >= 15 is 0 Å². The van der Waals surface area contributed by atoms with Gasteiger partial charge in [0.15, 0.2) is 0 Å². The zero-order valence-electron chi connectivity index (χ0n) is 18.7. The summed E-state index contributed by atoms with van der Waals surface area (Å²) in [6, 6.07) is 12.9. The van der Waals surface area contributed by atoms with Gasteiger partial charge in [0.1, 0.15) is 11.6 Å². The number of benzene rings is 2. The SMILES string of the molecule is O=C(O)c1ccccc1Nc1cnc(Oc2ccc(C34CC5CC(CC(C5)C3)C4)cc2Cl)cn1. The van der Waals surface area contributed by atoms with Crippen molar-refractivity contribution in [3.8, 4) is 11.6 Å². The molecule has 0 unspecified atom stereocenters. The van der Waals surface area contributed by atoms with Gasteiger partial charge in [0, 0.05) is 0 Å². The molecule has 4 saturated carbocycles. The van der Waals surface area contributed by atoms with Crippen molar-refractivity contribution in [2.45, 2.75) is 43.9 Å². The van der Waals surface area contributed by atoms with E-state index in [1.807, 2.05) is 6.07 Å². The Hall–Kier alpha value is -3.12. The molecular weight excluding hydrogens is 450 g/mol. The number of halogens is 1. The van der Waals surface area contributed by atoms with Crippen LogP contribution in [0.1, 0.15) is 54.4 Å². The molecule has 2 aromatic carbocycles. The zero-order valence-corrected chi connectivity index (χ0v) is 19.5. The lowest BCUT2D eigenvalue weighted by Gasteiger charge is -2.57. The van der Waals surface area contributed by atoms with Gasteiger partial charge >= 0.3 is 5.97 Å². The van der Waals surface area contributed by atoms with Gasteiger partial charge in [-0.2, -0.15) is 0 Å². The lowest BCUT2D eigenvalue weighted by molar-refractivity contribution is -0.00519. The maximum atomic E-state index is 11.4. The highest BCUT2D eigenvalue weighted by molar-refractivity contribution is 6.32. The number of rotatable bonds is 6. The summed E-state index contributed by atoms with van der Waals surface area (Å²) in [6.07, 6.45) is 11.1. The van der Waals surface area contributed by atoms with Crippen LogP contribution in [0, 0.1) is 17.8 Å². The van der Waals surface area contributed by atoms with Crippen molar-refractivity contribution in [2.75, 3.05) is 5.32 Å². The highest BCUT2D eigenvalue weighted by Crippen LogP contribution is 2.61. The van der Waals surface area contributed by atoms with Gasteiger partial charge < -0.3 is 15.2 Å². The maximum Gasteiger partial charge on any atom is 0.337 e. The molecule has 174 valence electrons. The van der Waals surface area contributed by atoms with Gasteiger partial charge in [0.2, 0.25) is 5.88 Å². The smallest absolute Gasteiger partial charge is 0.337 e. The van der Waals surface area contributed by atoms with E-state index in [1.54, 1.807) is 18.2 Å². The number of nitrogens with zero attached hydrogens (tertiary/aromatic N) is 2. The number of hydrogen-bond donors (Lipinski definition) is 2. The van der Waals surface area contributed by atoms with Crippen molar-refractivity contribution in [3.05, 3.63) is 71.0 Å². The van der Waals surface area contributed by atoms with Crippen LogP contribution in [-0.4, -0.2) is 21.0 Å². The first-order valence-electron chi connectivity index (χ1n) is 11.9. The molecule has 0 spiro atoms. The fourth-order valence-electron chi connectivity index (χ4n) is 6.84. The largest absolute Gasteiger partial charge is 0.478 e. The molecule has 1 aromatic heterocycles. The summed E-state index contributed by atoms with van der Waals surface area (Å²) < 4.78 is 5.92. The quantitative estimate of drug-likeness (QED) is 0.406. The lowest BCUT2D eigenvalue weighted by Crippen LogP contribution is -2.48. The van der Waals surface area contributed by atoms with Crippen LogP contribution in [0.2, 0.25) is 5.02 Å². The van der Waals surface area contributed by atoms with Gasteiger partial charge in [-0.05, 0) is 91.5 Å². The number of carbonyl (C=O) groups is 1. The highest BCUT2D eigenvalue weighted by atomic mass is 35.5. The minimum absolute atomic E-state index is 0.163. The minimum Gasteiger partial charge on any atom is -0.478 e. The fraction of sp³-hybridized carbons (Fsp3) is 0.370. The third-order valence-electron chi connectivity index (χ3n) is 7.85. The van der Waals surface area contributed by atoms with Crippen LogP contribution in [-0.2, 0) is 5.41 Å². The third-order valence-corrected chi connectivity index (χ3v) is 8.14. The van der Waals surface area contributed by atoms with Crippen molar-refractivity contribution in [2.24, 2.45) is 17.8 Å². The summed E-state index contributed by atoms with van der Waals surface area (Å²) in [5.41, 5.74) is 2.25. The number of aromatic nitrogens is 2. The van der Waals surface area contributed by atoms with Crippen molar-refractivity contribution in [1.29, 1.82) is 0 Å². The first-order valence-corrected chi connectivity index (χ1v) is 12.2. The van der Waals surface area contributed by atoms with Crippen LogP contribution >= 0.6 is 11.6 Å². The number of anilines is 2.